The predicted molar refractivity (Wildman–Crippen MR) is 137 cm³/mol. The Morgan fingerprint density at radius 3 is 2.68 bits per heavy atom. The van der Waals surface area contributed by atoms with Gasteiger partial charge in [0.15, 0.2) is 0 Å². The van der Waals surface area contributed by atoms with Crippen molar-refractivity contribution in [1.29, 1.82) is 5.26 Å². The Morgan fingerprint density at radius 1 is 1.19 bits per heavy atom. The van der Waals surface area contributed by atoms with E-state index >= 15 is 0 Å². The number of amides is 2. The third kappa shape index (κ3) is 6.99. The first-order chi connectivity index (χ1) is 17.7. The molecule has 0 saturated heterocycles. The van der Waals surface area contributed by atoms with Crippen LogP contribution in [0.25, 0.3) is 0 Å². The molecule has 0 fully saturated rings. The molecule has 1 heterocycles. The van der Waals surface area contributed by atoms with Gasteiger partial charge in [0.05, 0.1) is 11.3 Å². The lowest BCUT2D eigenvalue weighted by molar-refractivity contribution is -0.113. The molecule has 0 aliphatic heterocycles. The zero-order valence-electron chi connectivity index (χ0n) is 19.7. The fourth-order valence-corrected chi connectivity index (χ4v) is 3.36. The second-order valence-electron chi connectivity index (χ2n) is 7.64. The first-order valence-electron chi connectivity index (χ1n) is 10.9. The van der Waals surface area contributed by atoms with E-state index in [1.54, 1.807) is 12.1 Å². The van der Waals surface area contributed by atoms with Crippen LogP contribution in [0.1, 0.15) is 22.3 Å². The molecule has 0 unspecified atom stereocenters. The molecule has 3 rings (SSSR count). The highest BCUT2D eigenvalue weighted by atomic mass is 35.5. The van der Waals surface area contributed by atoms with Crippen LogP contribution in [0.15, 0.2) is 61.3 Å². The van der Waals surface area contributed by atoms with Gasteiger partial charge in [-0.05, 0) is 55.0 Å². The van der Waals surface area contributed by atoms with Crippen LogP contribution in [0, 0.1) is 23.0 Å². The summed E-state index contributed by atoms with van der Waals surface area (Å²) in [6.45, 7) is 3.93. The number of benzene rings is 2. The number of carbonyl (C=O) groups is 2. The third-order valence-electron chi connectivity index (χ3n) is 5.11. The number of hydrogen-bond acceptors (Lipinski definition) is 7. The average molecular weight is 526 g/mol. The van der Waals surface area contributed by atoms with Gasteiger partial charge in [0.1, 0.15) is 23.5 Å². The van der Waals surface area contributed by atoms with Crippen molar-refractivity contribution in [2.75, 3.05) is 34.8 Å². The molecule has 12 heteroatoms. The summed E-state index contributed by atoms with van der Waals surface area (Å²) in [4.78, 5) is 33.6. The Hall–Kier alpha value is -4.56. The minimum Gasteiger partial charge on any atom is -0.352 e. The van der Waals surface area contributed by atoms with Crippen molar-refractivity contribution in [2.24, 2.45) is 0 Å². The van der Waals surface area contributed by atoms with Gasteiger partial charge in [0.25, 0.3) is 5.91 Å². The predicted octanol–water partition coefficient (Wildman–Crippen LogP) is 4.30. The molecule has 0 atom stereocenters. The van der Waals surface area contributed by atoms with Crippen LogP contribution in [-0.4, -0.2) is 41.9 Å². The van der Waals surface area contributed by atoms with Crippen LogP contribution in [0.4, 0.5) is 31.9 Å². The fourth-order valence-electron chi connectivity index (χ4n) is 3.15. The van der Waals surface area contributed by atoms with Crippen molar-refractivity contribution in [2.45, 2.75) is 6.42 Å². The Morgan fingerprint density at radius 2 is 1.97 bits per heavy atom. The number of nitrogens with one attached hydrogen (secondary N) is 2. The number of anilines is 4. The van der Waals surface area contributed by atoms with E-state index in [0.717, 1.165) is 17.0 Å². The molecule has 1 aromatic heterocycles. The van der Waals surface area contributed by atoms with Gasteiger partial charge in [0.2, 0.25) is 11.9 Å². The zero-order valence-corrected chi connectivity index (χ0v) is 20.5. The lowest BCUT2D eigenvalue weighted by Crippen LogP contribution is -2.27. The number of likely N-dealkylation sites (N-methyl/N-ethyl adjacent to an activating group) is 1. The standard InChI is InChI=1S/C25H22ClF2N7O2/c1-3-23(36)34(2)21-14-18(7-8-19(21)27)32-22-9-11-31-25(33-22)35(26)12-4-10-30-24(37)16-5-6-17(15-29)20(28)13-16/h3,5-9,11,13-14H,1,4,10,12H2,2H3,(H,30,37)(H,31,32,33). The Balaban J connectivity index is 1.56. The molecule has 0 aliphatic rings. The van der Waals surface area contributed by atoms with Crippen molar-refractivity contribution in [3.63, 3.8) is 0 Å². The molecule has 2 N–H and O–H groups in total. The van der Waals surface area contributed by atoms with Gasteiger partial charge in [-0.15, -0.1) is 0 Å². The molecule has 9 nitrogen and oxygen atoms in total. The summed E-state index contributed by atoms with van der Waals surface area (Å²) in [6, 6.07) is 11.1. The maximum Gasteiger partial charge on any atom is 0.251 e. The van der Waals surface area contributed by atoms with E-state index in [1.165, 1.54) is 48.0 Å². The molecule has 0 bridgehead atoms. The monoisotopic (exact) mass is 525 g/mol. The van der Waals surface area contributed by atoms with Crippen LogP contribution in [-0.2, 0) is 4.79 Å². The second kappa shape index (κ2) is 12.4. The van der Waals surface area contributed by atoms with Crippen LogP contribution in [0.3, 0.4) is 0 Å². The van der Waals surface area contributed by atoms with Gasteiger partial charge in [-0.1, -0.05) is 6.58 Å². The smallest absolute Gasteiger partial charge is 0.251 e. The molecule has 190 valence electrons. The third-order valence-corrected chi connectivity index (χ3v) is 5.43. The van der Waals surface area contributed by atoms with Gasteiger partial charge in [-0.3, -0.25) is 14.0 Å². The summed E-state index contributed by atoms with van der Waals surface area (Å²) >= 11 is 6.29. The van der Waals surface area contributed by atoms with E-state index < -0.39 is 23.4 Å². The Labute approximate surface area is 217 Å². The van der Waals surface area contributed by atoms with Crippen molar-refractivity contribution in [3.05, 3.63) is 84.1 Å². The van der Waals surface area contributed by atoms with Crippen molar-refractivity contribution >= 4 is 46.7 Å². The maximum atomic E-state index is 14.2. The lowest BCUT2D eigenvalue weighted by atomic mass is 10.1. The van der Waals surface area contributed by atoms with E-state index in [2.05, 4.69) is 27.2 Å². The zero-order chi connectivity index (χ0) is 26.9. The average Bonchev–Trinajstić information content (AvgIpc) is 2.91. The Bertz CT molecular complexity index is 1360. The normalized spacial score (nSPS) is 10.2. The Kier molecular flexibility index (Phi) is 9.07. The summed E-state index contributed by atoms with van der Waals surface area (Å²) in [5.41, 5.74) is 0.508. The minimum absolute atomic E-state index is 0.0638. The van der Waals surface area contributed by atoms with E-state index in [9.17, 15) is 18.4 Å². The molecular formula is C25H22ClF2N7O2. The van der Waals surface area contributed by atoms with E-state index in [-0.39, 0.29) is 35.9 Å². The second-order valence-corrected chi connectivity index (χ2v) is 8.04. The summed E-state index contributed by atoms with van der Waals surface area (Å²) < 4.78 is 29.2. The summed E-state index contributed by atoms with van der Waals surface area (Å²) in [7, 11) is 1.44. The lowest BCUT2D eigenvalue weighted by Gasteiger charge is -2.18. The highest BCUT2D eigenvalue weighted by Crippen LogP contribution is 2.25. The number of rotatable bonds is 10. The van der Waals surface area contributed by atoms with E-state index in [0.29, 0.717) is 17.9 Å². The number of halogens is 3. The van der Waals surface area contributed by atoms with Gasteiger partial charge >= 0.3 is 0 Å². The van der Waals surface area contributed by atoms with Crippen molar-refractivity contribution in [1.82, 2.24) is 15.3 Å². The molecule has 3 aromatic rings. The summed E-state index contributed by atoms with van der Waals surface area (Å²) in [5, 5.41) is 14.4. The summed E-state index contributed by atoms with van der Waals surface area (Å²) in [6.07, 6.45) is 3.00. The van der Waals surface area contributed by atoms with Crippen LogP contribution in [0.2, 0.25) is 0 Å². The number of carbonyl (C=O) groups excluding carboxylic acids is 2. The molecule has 0 aliphatic carbocycles. The number of nitriles is 1. The topological polar surface area (TPSA) is 114 Å². The van der Waals surface area contributed by atoms with Gasteiger partial charge in [-0.2, -0.15) is 10.2 Å². The number of hydrogen-bond donors (Lipinski definition) is 2. The molecule has 2 aromatic carbocycles. The number of nitrogens with zero attached hydrogens (tertiary/aromatic N) is 5. The maximum absolute atomic E-state index is 14.2. The fraction of sp³-hybridized carbons (Fsp3) is 0.160. The van der Waals surface area contributed by atoms with Crippen molar-refractivity contribution < 1.29 is 18.4 Å². The molecule has 0 spiro atoms. The van der Waals surface area contributed by atoms with E-state index in [4.69, 9.17) is 17.0 Å². The van der Waals surface area contributed by atoms with Gasteiger partial charge in [-0.25, -0.2) is 13.8 Å². The molecular weight excluding hydrogens is 504 g/mol. The molecule has 2 amide bonds. The largest absolute Gasteiger partial charge is 0.352 e. The van der Waals surface area contributed by atoms with Crippen LogP contribution >= 0.6 is 11.8 Å². The highest BCUT2D eigenvalue weighted by Gasteiger charge is 2.14. The quantitative estimate of drug-likeness (QED) is 0.230. The van der Waals surface area contributed by atoms with E-state index in [1.807, 2.05) is 0 Å². The first kappa shape index (κ1) is 27.0. The van der Waals surface area contributed by atoms with Gasteiger partial charge in [0, 0.05) is 49.4 Å². The molecule has 0 radical (unpaired) electrons. The van der Waals surface area contributed by atoms with Crippen LogP contribution in [0.5, 0.6) is 0 Å². The minimum atomic E-state index is -0.762. The molecule has 0 saturated carbocycles. The number of aromatic nitrogens is 2. The van der Waals surface area contributed by atoms with Crippen LogP contribution < -0.4 is 20.0 Å². The summed E-state index contributed by atoms with van der Waals surface area (Å²) in [5.74, 6) is -1.71. The van der Waals surface area contributed by atoms with Gasteiger partial charge < -0.3 is 15.5 Å². The highest BCUT2D eigenvalue weighted by molar-refractivity contribution is 6.25. The SMILES string of the molecule is C=CC(=O)N(C)c1cc(Nc2ccnc(N(Cl)CCCNC(=O)c3ccc(C#N)c(F)c3)n2)ccc1F. The molecule has 37 heavy (non-hydrogen) atoms. The van der Waals surface area contributed by atoms with Crippen molar-refractivity contribution in [3.8, 4) is 6.07 Å². The first-order valence-corrected chi connectivity index (χ1v) is 11.3.